The van der Waals surface area contributed by atoms with E-state index in [-0.39, 0.29) is 17.9 Å². The van der Waals surface area contributed by atoms with Crippen LogP contribution in [0, 0.1) is 6.92 Å². The van der Waals surface area contributed by atoms with Gasteiger partial charge in [-0.1, -0.05) is 42.0 Å². The minimum Gasteiger partial charge on any atom is -0.507 e. The molecule has 1 aromatic heterocycles. The third kappa shape index (κ3) is 5.57. The molecule has 1 atom stereocenters. The third-order valence-corrected chi connectivity index (χ3v) is 6.57. The smallest absolute Gasteiger partial charge is 0.296 e. The first-order valence-corrected chi connectivity index (χ1v) is 12.8. The van der Waals surface area contributed by atoms with Crippen LogP contribution in [0.4, 0.5) is 0 Å². The topological polar surface area (TPSA) is 89.2 Å². The average molecular weight is 524 g/mol. The number of amides is 1. The van der Waals surface area contributed by atoms with Gasteiger partial charge < -0.3 is 23.9 Å². The van der Waals surface area contributed by atoms with Crippen molar-refractivity contribution in [2.45, 2.75) is 33.0 Å². The molecule has 1 amide bonds. The Morgan fingerprint density at radius 1 is 0.923 bits per heavy atom. The van der Waals surface area contributed by atoms with Gasteiger partial charge in [-0.25, -0.2) is 0 Å². The number of carbonyl (C=O) groups is 2. The Labute approximate surface area is 226 Å². The molecule has 0 radical (unpaired) electrons. The molecular weight excluding hydrogens is 494 g/mol. The zero-order valence-electron chi connectivity index (χ0n) is 21.8. The first-order valence-electron chi connectivity index (χ1n) is 12.8. The lowest BCUT2D eigenvalue weighted by molar-refractivity contribution is -0.140. The van der Waals surface area contributed by atoms with Gasteiger partial charge >= 0.3 is 0 Å². The second-order valence-corrected chi connectivity index (χ2v) is 9.31. The standard InChI is InChI=1S/C32H29NO6/c1-3-37-25-13-9-23(10-14-25)29-28(31(35)32(36)33(29)19-27-8-5-17-38-27)30(34)24-11-15-26(16-12-24)39-20-22-7-4-6-21(2)18-22/h4-18,29,34H,3,19-20H2,1-2H3/b30-28+/t29-/m1/s1. The van der Waals surface area contributed by atoms with Gasteiger partial charge in [0.2, 0.25) is 0 Å². The van der Waals surface area contributed by atoms with Crippen molar-refractivity contribution in [2.24, 2.45) is 0 Å². The predicted octanol–water partition coefficient (Wildman–Crippen LogP) is 6.19. The molecule has 0 aliphatic carbocycles. The van der Waals surface area contributed by atoms with Crippen molar-refractivity contribution < 1.29 is 28.6 Å². The van der Waals surface area contributed by atoms with E-state index in [1.807, 2.05) is 32.0 Å². The number of ketones is 1. The maximum atomic E-state index is 13.3. The van der Waals surface area contributed by atoms with E-state index in [2.05, 4.69) is 6.07 Å². The Balaban J connectivity index is 1.46. The van der Waals surface area contributed by atoms with Gasteiger partial charge in [0.25, 0.3) is 11.7 Å². The lowest BCUT2D eigenvalue weighted by Gasteiger charge is -2.24. The van der Waals surface area contributed by atoms with E-state index in [0.29, 0.717) is 41.6 Å². The summed E-state index contributed by atoms with van der Waals surface area (Å²) in [7, 11) is 0. The highest BCUT2D eigenvalue weighted by atomic mass is 16.5. The van der Waals surface area contributed by atoms with Crippen LogP contribution in [-0.4, -0.2) is 28.3 Å². The van der Waals surface area contributed by atoms with Crippen LogP contribution < -0.4 is 9.47 Å². The van der Waals surface area contributed by atoms with E-state index in [9.17, 15) is 14.7 Å². The van der Waals surface area contributed by atoms with Gasteiger partial charge in [-0.05, 0) is 73.5 Å². The summed E-state index contributed by atoms with van der Waals surface area (Å²) in [6.45, 7) is 4.92. The number of hydrogen-bond donors (Lipinski definition) is 1. The fourth-order valence-corrected chi connectivity index (χ4v) is 4.71. The normalized spacial score (nSPS) is 16.5. The number of ether oxygens (including phenoxy) is 2. The van der Waals surface area contributed by atoms with E-state index in [1.165, 1.54) is 11.2 Å². The Kier molecular flexibility index (Phi) is 7.50. The number of Topliss-reactive ketones (excluding diaryl/α,β-unsaturated/α-hetero) is 1. The number of benzene rings is 3. The van der Waals surface area contributed by atoms with Gasteiger partial charge in [0.15, 0.2) is 0 Å². The number of rotatable bonds is 9. The molecule has 1 aliphatic heterocycles. The lowest BCUT2D eigenvalue weighted by Crippen LogP contribution is -2.29. The number of aryl methyl sites for hydroxylation is 1. The fourth-order valence-electron chi connectivity index (χ4n) is 4.71. The first kappa shape index (κ1) is 25.9. The molecule has 1 fully saturated rings. The van der Waals surface area contributed by atoms with Crippen LogP contribution in [0.1, 0.15) is 41.0 Å². The molecule has 1 N–H and O–H groups in total. The highest BCUT2D eigenvalue weighted by Crippen LogP contribution is 2.41. The van der Waals surface area contributed by atoms with E-state index in [0.717, 1.165) is 11.1 Å². The zero-order valence-corrected chi connectivity index (χ0v) is 21.8. The van der Waals surface area contributed by atoms with E-state index in [1.54, 1.807) is 60.7 Å². The maximum absolute atomic E-state index is 13.3. The highest BCUT2D eigenvalue weighted by Gasteiger charge is 2.46. The molecule has 0 bridgehead atoms. The van der Waals surface area contributed by atoms with Crippen molar-refractivity contribution >= 4 is 17.4 Å². The molecule has 1 saturated heterocycles. The van der Waals surface area contributed by atoms with Gasteiger partial charge in [-0.2, -0.15) is 0 Å². The van der Waals surface area contributed by atoms with E-state index in [4.69, 9.17) is 13.9 Å². The molecule has 0 spiro atoms. The summed E-state index contributed by atoms with van der Waals surface area (Å²) in [5, 5.41) is 11.3. The minimum atomic E-state index is -0.803. The van der Waals surface area contributed by atoms with Crippen LogP contribution in [0.25, 0.3) is 5.76 Å². The number of carbonyl (C=O) groups excluding carboxylic acids is 2. The van der Waals surface area contributed by atoms with Crippen LogP contribution in [-0.2, 0) is 22.7 Å². The fraction of sp³-hybridized carbons (Fsp3) is 0.188. The summed E-state index contributed by atoms with van der Waals surface area (Å²) in [6.07, 6.45) is 1.51. The molecule has 39 heavy (non-hydrogen) atoms. The Hall–Kier alpha value is -4.78. The van der Waals surface area contributed by atoms with Crippen molar-refractivity contribution in [3.8, 4) is 11.5 Å². The summed E-state index contributed by atoms with van der Waals surface area (Å²) in [5.41, 5.74) is 3.30. The molecule has 5 rings (SSSR count). The largest absolute Gasteiger partial charge is 0.507 e. The average Bonchev–Trinajstić information content (AvgIpc) is 3.55. The van der Waals surface area contributed by atoms with Gasteiger partial charge in [0, 0.05) is 5.56 Å². The number of likely N-dealkylation sites (tertiary alicyclic amines) is 1. The molecular formula is C32H29NO6. The lowest BCUT2D eigenvalue weighted by atomic mass is 9.95. The van der Waals surface area contributed by atoms with Crippen LogP contribution in [0.3, 0.4) is 0 Å². The molecule has 198 valence electrons. The number of nitrogens with zero attached hydrogens (tertiary/aromatic N) is 1. The third-order valence-electron chi connectivity index (χ3n) is 6.57. The van der Waals surface area contributed by atoms with Gasteiger partial charge in [-0.3, -0.25) is 9.59 Å². The van der Waals surface area contributed by atoms with Crippen molar-refractivity contribution in [1.29, 1.82) is 0 Å². The van der Waals surface area contributed by atoms with Crippen molar-refractivity contribution in [1.82, 2.24) is 4.90 Å². The number of aliphatic hydroxyl groups excluding tert-OH is 1. The van der Waals surface area contributed by atoms with Crippen LogP contribution >= 0.6 is 0 Å². The monoisotopic (exact) mass is 523 g/mol. The number of hydrogen-bond acceptors (Lipinski definition) is 6. The van der Waals surface area contributed by atoms with Gasteiger partial charge in [0.1, 0.15) is 29.6 Å². The first-order chi connectivity index (χ1) is 18.9. The minimum absolute atomic E-state index is 0.0177. The van der Waals surface area contributed by atoms with Crippen molar-refractivity contribution in [3.63, 3.8) is 0 Å². The van der Waals surface area contributed by atoms with Crippen LogP contribution in [0.15, 0.2) is 101 Å². The number of aliphatic hydroxyl groups is 1. The summed E-state index contributed by atoms with van der Waals surface area (Å²) in [6, 6.07) is 24.7. The Morgan fingerprint density at radius 3 is 2.31 bits per heavy atom. The second kappa shape index (κ2) is 11.3. The molecule has 0 unspecified atom stereocenters. The molecule has 4 aromatic rings. The summed E-state index contributed by atoms with van der Waals surface area (Å²) < 4.78 is 16.9. The summed E-state index contributed by atoms with van der Waals surface area (Å²) >= 11 is 0. The predicted molar refractivity (Wildman–Crippen MR) is 146 cm³/mol. The molecule has 2 heterocycles. The number of furan rings is 1. The molecule has 1 aliphatic rings. The van der Waals surface area contributed by atoms with E-state index < -0.39 is 17.7 Å². The SMILES string of the molecule is CCOc1ccc([C@@H]2/C(=C(\O)c3ccc(OCc4cccc(C)c4)cc3)C(=O)C(=O)N2Cc2ccco2)cc1. The molecule has 7 nitrogen and oxygen atoms in total. The van der Waals surface area contributed by atoms with Crippen LogP contribution in [0.5, 0.6) is 11.5 Å². The van der Waals surface area contributed by atoms with E-state index >= 15 is 0 Å². The molecule has 3 aromatic carbocycles. The summed E-state index contributed by atoms with van der Waals surface area (Å²) in [4.78, 5) is 27.9. The maximum Gasteiger partial charge on any atom is 0.296 e. The Morgan fingerprint density at radius 2 is 1.64 bits per heavy atom. The van der Waals surface area contributed by atoms with Gasteiger partial charge in [0.05, 0.1) is 31.0 Å². The van der Waals surface area contributed by atoms with Gasteiger partial charge in [-0.15, -0.1) is 0 Å². The quantitative estimate of drug-likeness (QED) is 0.160. The molecule has 7 heteroatoms. The van der Waals surface area contributed by atoms with Crippen molar-refractivity contribution in [3.05, 3.63) is 125 Å². The zero-order chi connectivity index (χ0) is 27.4. The van der Waals surface area contributed by atoms with Crippen molar-refractivity contribution in [2.75, 3.05) is 6.61 Å². The summed E-state index contributed by atoms with van der Waals surface area (Å²) in [5.74, 6) is 0.116. The van der Waals surface area contributed by atoms with Crippen LogP contribution in [0.2, 0.25) is 0 Å². The molecule has 0 saturated carbocycles. The second-order valence-electron chi connectivity index (χ2n) is 9.31. The Bertz CT molecular complexity index is 1490. The highest BCUT2D eigenvalue weighted by molar-refractivity contribution is 6.46.